The van der Waals surface area contributed by atoms with Crippen LogP contribution in [0.4, 0.5) is 0 Å². The van der Waals surface area contributed by atoms with E-state index in [0.717, 1.165) is 17.0 Å². The van der Waals surface area contributed by atoms with Crippen molar-refractivity contribution in [3.05, 3.63) is 36.7 Å². The second kappa shape index (κ2) is 4.52. The molecule has 0 unspecified atom stereocenters. The van der Waals surface area contributed by atoms with Gasteiger partial charge in [0.25, 0.3) is 0 Å². The van der Waals surface area contributed by atoms with Gasteiger partial charge in [0.15, 0.2) is 0 Å². The number of ether oxygens (including phenoxy) is 1. The van der Waals surface area contributed by atoms with Crippen LogP contribution in [-0.4, -0.2) is 37.1 Å². The van der Waals surface area contributed by atoms with E-state index in [4.69, 9.17) is 4.74 Å². The smallest absolute Gasteiger partial charge is 0.208 e. The Bertz CT molecular complexity index is 684. The highest BCUT2D eigenvalue weighted by Crippen LogP contribution is 2.17. The van der Waals surface area contributed by atoms with Gasteiger partial charge in [-0.05, 0) is 29.5 Å². The average Bonchev–Trinajstić information content (AvgIpc) is 3.07. The number of aromatic nitrogens is 6. The lowest BCUT2D eigenvalue weighted by Gasteiger charge is -2.02. The zero-order valence-electron chi connectivity index (χ0n) is 10.6. The lowest BCUT2D eigenvalue weighted by atomic mass is 10.3. The van der Waals surface area contributed by atoms with Crippen LogP contribution < -0.4 is 4.74 Å². The summed E-state index contributed by atoms with van der Waals surface area (Å²) in [6.45, 7) is 0. The van der Waals surface area contributed by atoms with Crippen molar-refractivity contribution in [1.29, 1.82) is 0 Å². The summed E-state index contributed by atoms with van der Waals surface area (Å²) in [4.78, 5) is 1.42. The van der Waals surface area contributed by atoms with E-state index in [0.29, 0.717) is 5.82 Å². The molecule has 0 spiro atoms. The van der Waals surface area contributed by atoms with E-state index < -0.39 is 0 Å². The molecular formula is C12H12N6O. The third-order valence-electron chi connectivity index (χ3n) is 2.69. The number of aryl methyl sites for hydroxylation is 1. The second-order valence-electron chi connectivity index (χ2n) is 3.97. The van der Waals surface area contributed by atoms with E-state index in [9.17, 15) is 0 Å². The van der Waals surface area contributed by atoms with Crippen LogP contribution in [0.2, 0.25) is 0 Å². The van der Waals surface area contributed by atoms with Crippen LogP contribution in [0, 0.1) is 0 Å². The topological polar surface area (TPSA) is 70.7 Å². The van der Waals surface area contributed by atoms with Crippen LogP contribution in [-0.2, 0) is 7.05 Å². The molecular weight excluding hydrogens is 244 g/mol. The number of hydrogen-bond donors (Lipinski definition) is 0. The van der Waals surface area contributed by atoms with Gasteiger partial charge in [-0.25, -0.2) is 4.68 Å². The van der Waals surface area contributed by atoms with Crippen molar-refractivity contribution in [3.63, 3.8) is 0 Å². The summed E-state index contributed by atoms with van der Waals surface area (Å²) in [6.07, 6.45) is 3.57. The van der Waals surface area contributed by atoms with Crippen molar-refractivity contribution >= 4 is 0 Å². The summed E-state index contributed by atoms with van der Waals surface area (Å²) in [5.74, 6) is 1.37. The van der Waals surface area contributed by atoms with Gasteiger partial charge in [-0.3, -0.25) is 0 Å². The van der Waals surface area contributed by atoms with E-state index in [1.165, 1.54) is 4.80 Å². The number of nitrogens with zero attached hydrogens (tertiary/aromatic N) is 6. The Morgan fingerprint density at radius 3 is 2.58 bits per heavy atom. The minimum atomic E-state index is 0.558. The van der Waals surface area contributed by atoms with Gasteiger partial charge < -0.3 is 4.74 Å². The summed E-state index contributed by atoms with van der Waals surface area (Å²) < 4.78 is 6.88. The number of rotatable bonds is 3. The van der Waals surface area contributed by atoms with Crippen molar-refractivity contribution in [1.82, 2.24) is 30.0 Å². The minimum absolute atomic E-state index is 0.558. The largest absolute Gasteiger partial charge is 0.497 e. The quantitative estimate of drug-likeness (QED) is 0.701. The molecule has 3 rings (SSSR count). The molecule has 3 aromatic rings. The molecule has 0 amide bonds. The SMILES string of the molecule is COc1ccc(-n2cc(-c3nnn(C)n3)cn2)cc1. The zero-order valence-corrected chi connectivity index (χ0v) is 10.6. The van der Waals surface area contributed by atoms with Gasteiger partial charge in [-0.2, -0.15) is 9.90 Å². The Morgan fingerprint density at radius 2 is 1.95 bits per heavy atom. The molecule has 0 radical (unpaired) electrons. The third-order valence-corrected chi connectivity index (χ3v) is 2.69. The minimum Gasteiger partial charge on any atom is -0.497 e. The molecule has 96 valence electrons. The molecule has 0 fully saturated rings. The molecule has 0 aliphatic carbocycles. The number of benzene rings is 1. The van der Waals surface area contributed by atoms with E-state index in [1.54, 1.807) is 25.0 Å². The molecule has 0 atom stereocenters. The standard InChI is InChI=1S/C12H12N6O/c1-17-15-12(14-16-17)9-7-13-18(8-9)10-3-5-11(19-2)6-4-10/h3-8H,1-2H3. The average molecular weight is 256 g/mol. The summed E-state index contributed by atoms with van der Waals surface area (Å²) in [6, 6.07) is 7.63. The van der Waals surface area contributed by atoms with Gasteiger partial charge in [0.2, 0.25) is 5.82 Å². The van der Waals surface area contributed by atoms with E-state index in [2.05, 4.69) is 20.5 Å². The van der Waals surface area contributed by atoms with Gasteiger partial charge >= 0.3 is 0 Å². The van der Waals surface area contributed by atoms with Crippen LogP contribution in [0.25, 0.3) is 17.1 Å². The monoisotopic (exact) mass is 256 g/mol. The maximum atomic E-state index is 5.12. The first kappa shape index (κ1) is 11.4. The molecule has 2 aromatic heterocycles. The maximum Gasteiger partial charge on any atom is 0.208 e. The predicted octanol–water partition coefficient (Wildman–Crippen LogP) is 1.07. The third kappa shape index (κ3) is 2.17. The van der Waals surface area contributed by atoms with Crippen molar-refractivity contribution in [2.24, 2.45) is 7.05 Å². The Hall–Kier alpha value is -2.70. The first-order valence-corrected chi connectivity index (χ1v) is 5.70. The fourth-order valence-electron chi connectivity index (χ4n) is 1.71. The Morgan fingerprint density at radius 1 is 1.16 bits per heavy atom. The van der Waals surface area contributed by atoms with Crippen LogP contribution in [0.15, 0.2) is 36.7 Å². The van der Waals surface area contributed by atoms with Crippen LogP contribution in [0.3, 0.4) is 0 Å². The number of tetrazole rings is 1. The highest BCUT2D eigenvalue weighted by molar-refractivity contribution is 5.52. The summed E-state index contributed by atoms with van der Waals surface area (Å²) in [5, 5.41) is 16.2. The van der Waals surface area contributed by atoms with Crippen molar-refractivity contribution < 1.29 is 4.74 Å². The molecule has 0 aliphatic rings. The molecule has 2 heterocycles. The van der Waals surface area contributed by atoms with Crippen molar-refractivity contribution in [2.75, 3.05) is 7.11 Å². The fraction of sp³-hybridized carbons (Fsp3) is 0.167. The molecule has 0 N–H and O–H groups in total. The lowest BCUT2D eigenvalue weighted by molar-refractivity contribution is 0.414. The van der Waals surface area contributed by atoms with Crippen LogP contribution >= 0.6 is 0 Å². The highest BCUT2D eigenvalue weighted by atomic mass is 16.5. The van der Waals surface area contributed by atoms with Gasteiger partial charge in [0.05, 0.1) is 31.6 Å². The molecule has 7 nitrogen and oxygen atoms in total. The first-order valence-electron chi connectivity index (χ1n) is 5.70. The molecule has 0 saturated heterocycles. The van der Waals surface area contributed by atoms with Crippen molar-refractivity contribution in [2.45, 2.75) is 0 Å². The Labute approximate surface area is 109 Å². The van der Waals surface area contributed by atoms with Gasteiger partial charge in [0.1, 0.15) is 5.75 Å². The van der Waals surface area contributed by atoms with Crippen molar-refractivity contribution in [3.8, 4) is 22.8 Å². The van der Waals surface area contributed by atoms with Crippen LogP contribution in [0.1, 0.15) is 0 Å². The van der Waals surface area contributed by atoms with Crippen LogP contribution in [0.5, 0.6) is 5.75 Å². The van der Waals surface area contributed by atoms with Gasteiger partial charge in [-0.1, -0.05) is 0 Å². The number of methoxy groups -OCH3 is 1. The maximum absolute atomic E-state index is 5.12. The van der Waals surface area contributed by atoms with E-state index in [-0.39, 0.29) is 0 Å². The summed E-state index contributed by atoms with van der Waals surface area (Å²) >= 11 is 0. The predicted molar refractivity (Wildman–Crippen MR) is 67.9 cm³/mol. The second-order valence-corrected chi connectivity index (χ2v) is 3.97. The Balaban J connectivity index is 1.91. The summed E-state index contributed by atoms with van der Waals surface area (Å²) in [5.41, 5.74) is 1.76. The Kier molecular flexibility index (Phi) is 2.71. The highest BCUT2D eigenvalue weighted by Gasteiger charge is 2.08. The number of hydrogen-bond acceptors (Lipinski definition) is 5. The van der Waals surface area contributed by atoms with Gasteiger partial charge in [0, 0.05) is 6.20 Å². The molecule has 0 bridgehead atoms. The normalized spacial score (nSPS) is 10.6. The molecule has 0 aliphatic heterocycles. The first-order chi connectivity index (χ1) is 9.26. The molecule has 0 saturated carbocycles. The van der Waals surface area contributed by atoms with E-state index in [1.807, 2.05) is 30.5 Å². The lowest BCUT2D eigenvalue weighted by Crippen LogP contribution is -1.94. The molecule has 1 aromatic carbocycles. The summed E-state index contributed by atoms with van der Waals surface area (Å²) in [7, 11) is 3.37. The zero-order chi connectivity index (χ0) is 13.2. The fourth-order valence-corrected chi connectivity index (χ4v) is 1.71. The molecule has 7 heteroatoms. The van der Waals surface area contributed by atoms with E-state index >= 15 is 0 Å². The molecule has 19 heavy (non-hydrogen) atoms. The van der Waals surface area contributed by atoms with Gasteiger partial charge in [-0.15, -0.1) is 10.2 Å².